The minimum Gasteiger partial charge on any atom is -0.309 e. The summed E-state index contributed by atoms with van der Waals surface area (Å²) < 4.78 is 2.37. The predicted octanol–water partition coefficient (Wildman–Crippen LogP) is 13.6. The monoisotopic (exact) mass is 701 g/mol. The van der Waals surface area contributed by atoms with Gasteiger partial charge in [0.15, 0.2) is 5.82 Å². The molecular weight excluding hydrogens is 667 g/mol. The van der Waals surface area contributed by atoms with Crippen LogP contribution < -0.4 is 0 Å². The van der Waals surface area contributed by atoms with Gasteiger partial charge in [0.05, 0.1) is 22.4 Å². The fraction of sp³-hybridized carbons (Fsp3) is 0. The highest BCUT2D eigenvalue weighted by Gasteiger charge is 2.16. The highest BCUT2D eigenvalue weighted by Crippen LogP contribution is 2.38. The molecule has 0 saturated carbocycles. The number of benzene rings is 8. The van der Waals surface area contributed by atoms with Gasteiger partial charge >= 0.3 is 0 Å². The molecule has 55 heavy (non-hydrogen) atoms. The lowest BCUT2D eigenvalue weighted by molar-refractivity contribution is 1.16. The number of hydrogen-bond donors (Lipinski definition) is 0. The fourth-order valence-corrected chi connectivity index (χ4v) is 7.63. The summed E-state index contributed by atoms with van der Waals surface area (Å²) in [7, 11) is 0. The third kappa shape index (κ3) is 6.18. The van der Waals surface area contributed by atoms with Gasteiger partial charge in [0.1, 0.15) is 0 Å². The van der Waals surface area contributed by atoms with E-state index >= 15 is 0 Å². The molecule has 3 nitrogen and oxygen atoms in total. The van der Waals surface area contributed by atoms with Crippen LogP contribution in [0, 0.1) is 0 Å². The standard InChI is InChI=1S/C52H35N3/c1-5-13-36(14-6-1)39-21-23-41(24-22-39)49-35-48(40-19-11-4-12-20-40)53-52(54-49)42-25-29-45(30-26-42)55-50-31-27-43(37-15-7-2-8-16-37)33-46(50)47-34-44(28-32-51(47)55)38-17-9-3-10-18-38/h1-35H. The van der Waals surface area contributed by atoms with E-state index in [0.717, 1.165) is 44.8 Å². The molecular formula is C52H35N3. The molecule has 10 aromatic rings. The normalized spacial score (nSPS) is 11.3. The van der Waals surface area contributed by atoms with Gasteiger partial charge in [-0.1, -0.05) is 158 Å². The molecule has 2 heterocycles. The fourth-order valence-electron chi connectivity index (χ4n) is 7.63. The highest BCUT2D eigenvalue weighted by molar-refractivity contribution is 6.11. The summed E-state index contributed by atoms with van der Waals surface area (Å²) in [6.45, 7) is 0. The Hall–Kier alpha value is -7.36. The largest absolute Gasteiger partial charge is 0.309 e. The highest BCUT2D eigenvalue weighted by atomic mass is 15.0. The minimum atomic E-state index is 0.692. The molecule has 258 valence electrons. The maximum atomic E-state index is 5.15. The lowest BCUT2D eigenvalue weighted by atomic mass is 10.0. The Labute approximate surface area is 320 Å². The second kappa shape index (κ2) is 13.9. The van der Waals surface area contributed by atoms with Gasteiger partial charge in [-0.15, -0.1) is 0 Å². The van der Waals surface area contributed by atoms with Gasteiger partial charge in [0.25, 0.3) is 0 Å². The van der Waals surface area contributed by atoms with Crippen molar-refractivity contribution in [2.45, 2.75) is 0 Å². The Balaban J connectivity index is 1.08. The Morgan fingerprint density at radius 1 is 0.273 bits per heavy atom. The summed E-state index contributed by atoms with van der Waals surface area (Å²) in [6.07, 6.45) is 0. The summed E-state index contributed by atoms with van der Waals surface area (Å²) in [5, 5.41) is 2.44. The maximum absolute atomic E-state index is 5.15. The third-order valence-electron chi connectivity index (χ3n) is 10.4. The average Bonchev–Trinajstić information content (AvgIpc) is 3.60. The molecule has 10 rings (SSSR count). The van der Waals surface area contributed by atoms with Crippen LogP contribution in [0.3, 0.4) is 0 Å². The van der Waals surface area contributed by atoms with Crippen molar-refractivity contribution in [1.29, 1.82) is 0 Å². The molecule has 0 atom stereocenters. The number of rotatable bonds is 7. The molecule has 0 fully saturated rings. The van der Waals surface area contributed by atoms with E-state index in [1.54, 1.807) is 0 Å². The van der Waals surface area contributed by atoms with Gasteiger partial charge in [0.2, 0.25) is 0 Å². The van der Waals surface area contributed by atoms with Gasteiger partial charge in [-0.3, -0.25) is 0 Å². The Morgan fingerprint density at radius 3 is 1.09 bits per heavy atom. The van der Waals surface area contributed by atoms with Gasteiger partial charge in [-0.2, -0.15) is 0 Å². The number of fused-ring (bicyclic) bond motifs is 3. The van der Waals surface area contributed by atoms with Gasteiger partial charge < -0.3 is 4.57 Å². The van der Waals surface area contributed by atoms with E-state index < -0.39 is 0 Å². The summed E-state index contributed by atoms with van der Waals surface area (Å²) in [4.78, 5) is 10.3. The van der Waals surface area contributed by atoms with Crippen molar-refractivity contribution in [2.24, 2.45) is 0 Å². The molecule has 0 bridgehead atoms. The molecule has 0 amide bonds. The van der Waals surface area contributed by atoms with Crippen LogP contribution in [0.15, 0.2) is 212 Å². The topological polar surface area (TPSA) is 30.7 Å². The Morgan fingerprint density at radius 2 is 0.618 bits per heavy atom. The van der Waals surface area contributed by atoms with Crippen LogP contribution in [-0.2, 0) is 0 Å². The van der Waals surface area contributed by atoms with Crippen LogP contribution in [0.25, 0.3) is 94.8 Å². The quantitative estimate of drug-likeness (QED) is 0.166. The first-order valence-electron chi connectivity index (χ1n) is 18.7. The summed E-state index contributed by atoms with van der Waals surface area (Å²) in [5.74, 6) is 0.692. The van der Waals surface area contributed by atoms with Gasteiger partial charge in [0, 0.05) is 33.2 Å². The second-order valence-corrected chi connectivity index (χ2v) is 13.8. The molecule has 0 unspecified atom stereocenters. The zero-order chi connectivity index (χ0) is 36.6. The summed E-state index contributed by atoms with van der Waals surface area (Å²) in [6, 6.07) is 75.1. The molecule has 0 aliphatic carbocycles. The third-order valence-corrected chi connectivity index (χ3v) is 10.4. The first-order chi connectivity index (χ1) is 27.2. The van der Waals surface area contributed by atoms with E-state index in [1.807, 2.05) is 12.1 Å². The zero-order valence-electron chi connectivity index (χ0n) is 30.0. The number of aromatic nitrogens is 3. The molecule has 0 aliphatic heterocycles. The van der Waals surface area contributed by atoms with Crippen LogP contribution in [0.5, 0.6) is 0 Å². The number of hydrogen-bond acceptors (Lipinski definition) is 2. The van der Waals surface area contributed by atoms with E-state index in [0.29, 0.717) is 5.82 Å². The van der Waals surface area contributed by atoms with E-state index in [4.69, 9.17) is 9.97 Å². The van der Waals surface area contributed by atoms with Crippen molar-refractivity contribution < 1.29 is 0 Å². The molecule has 0 radical (unpaired) electrons. The predicted molar refractivity (Wildman–Crippen MR) is 229 cm³/mol. The van der Waals surface area contributed by atoms with Gasteiger partial charge in [-0.05, 0) is 88.0 Å². The number of nitrogens with zero attached hydrogens (tertiary/aromatic N) is 3. The van der Waals surface area contributed by atoms with Crippen molar-refractivity contribution in [2.75, 3.05) is 0 Å². The van der Waals surface area contributed by atoms with Crippen LogP contribution in [-0.4, -0.2) is 14.5 Å². The summed E-state index contributed by atoms with van der Waals surface area (Å²) in [5.41, 5.74) is 15.4. The Bertz CT molecular complexity index is 2820. The van der Waals surface area contributed by atoms with Crippen molar-refractivity contribution in [3.63, 3.8) is 0 Å². The van der Waals surface area contributed by atoms with E-state index in [2.05, 4.69) is 205 Å². The van der Waals surface area contributed by atoms with Crippen LogP contribution in [0.4, 0.5) is 0 Å². The SMILES string of the molecule is c1ccc(-c2ccc(-c3cc(-c4ccccc4)nc(-c4ccc(-n5c6ccc(-c7ccccc7)cc6c6cc(-c7ccccc7)ccc65)cc4)n3)cc2)cc1. The molecule has 2 aromatic heterocycles. The van der Waals surface area contributed by atoms with Crippen LogP contribution in [0.1, 0.15) is 0 Å². The lowest BCUT2D eigenvalue weighted by Gasteiger charge is -2.12. The van der Waals surface area contributed by atoms with E-state index in [-0.39, 0.29) is 0 Å². The molecule has 0 aliphatic rings. The maximum Gasteiger partial charge on any atom is 0.160 e. The van der Waals surface area contributed by atoms with Crippen LogP contribution in [0.2, 0.25) is 0 Å². The second-order valence-electron chi connectivity index (χ2n) is 13.8. The first kappa shape index (κ1) is 32.3. The summed E-state index contributed by atoms with van der Waals surface area (Å²) >= 11 is 0. The van der Waals surface area contributed by atoms with Crippen molar-refractivity contribution >= 4 is 21.8 Å². The van der Waals surface area contributed by atoms with Crippen molar-refractivity contribution in [1.82, 2.24) is 14.5 Å². The molecule has 3 heteroatoms. The lowest BCUT2D eigenvalue weighted by Crippen LogP contribution is -1.97. The van der Waals surface area contributed by atoms with Crippen molar-refractivity contribution in [3.8, 4) is 73.0 Å². The minimum absolute atomic E-state index is 0.692. The van der Waals surface area contributed by atoms with Crippen LogP contribution >= 0.6 is 0 Å². The first-order valence-corrected chi connectivity index (χ1v) is 18.7. The molecule has 0 N–H and O–H groups in total. The Kier molecular flexibility index (Phi) is 8.16. The smallest absolute Gasteiger partial charge is 0.160 e. The van der Waals surface area contributed by atoms with Crippen molar-refractivity contribution in [3.05, 3.63) is 212 Å². The average molecular weight is 702 g/mol. The molecule has 0 spiro atoms. The zero-order valence-corrected chi connectivity index (χ0v) is 30.0. The van der Waals surface area contributed by atoms with Gasteiger partial charge in [-0.25, -0.2) is 9.97 Å². The van der Waals surface area contributed by atoms with E-state index in [9.17, 15) is 0 Å². The molecule has 8 aromatic carbocycles. The van der Waals surface area contributed by atoms with E-state index in [1.165, 1.54) is 44.2 Å². The molecule has 0 saturated heterocycles.